The van der Waals surface area contributed by atoms with Crippen LogP contribution in [0.2, 0.25) is 0 Å². The van der Waals surface area contributed by atoms with Crippen LogP contribution in [0.15, 0.2) is 0 Å². The van der Waals surface area contributed by atoms with E-state index in [4.69, 9.17) is 0 Å². The molecule has 0 aliphatic heterocycles. The van der Waals surface area contributed by atoms with Crippen LogP contribution in [0.4, 0.5) is 0 Å². The zero-order valence-electron chi connectivity index (χ0n) is 10.8. The third-order valence-electron chi connectivity index (χ3n) is 1.94. The molecule has 0 unspecified atom stereocenters. The van der Waals surface area contributed by atoms with E-state index in [0.717, 1.165) is 13.0 Å². The van der Waals surface area contributed by atoms with E-state index in [1.807, 2.05) is 0 Å². The van der Waals surface area contributed by atoms with Crippen molar-refractivity contribution in [3.8, 4) is 0 Å². The van der Waals surface area contributed by atoms with Crippen molar-refractivity contribution in [3.63, 3.8) is 0 Å². The van der Waals surface area contributed by atoms with Crippen molar-refractivity contribution >= 4 is 23.1 Å². The quantitative estimate of drug-likeness (QED) is 0.508. The minimum atomic E-state index is 0. The summed E-state index contributed by atoms with van der Waals surface area (Å²) in [5.41, 5.74) is 0. The second-order valence-corrected chi connectivity index (χ2v) is 3.78. The van der Waals surface area contributed by atoms with Crippen LogP contribution < -0.4 is 0 Å². The van der Waals surface area contributed by atoms with Crippen LogP contribution in [-0.4, -0.2) is 46.6 Å². The summed E-state index contributed by atoms with van der Waals surface area (Å²) in [6.45, 7) is 19.3. The molecular weight excluding hydrogens is 182 g/mol. The van der Waals surface area contributed by atoms with Gasteiger partial charge in [-0.15, -0.1) is 6.54 Å². The largest absolute Gasteiger partial charge is 2.00 e. The Balaban J connectivity index is -0.000000209. The van der Waals surface area contributed by atoms with Gasteiger partial charge in [0.1, 0.15) is 0 Å². The summed E-state index contributed by atoms with van der Waals surface area (Å²) in [6, 6.07) is 1.25. The van der Waals surface area contributed by atoms with E-state index in [0.29, 0.717) is 12.1 Å². The van der Waals surface area contributed by atoms with Gasteiger partial charge in [-0.2, -0.15) is 6.42 Å². The van der Waals surface area contributed by atoms with E-state index in [9.17, 15) is 0 Å². The van der Waals surface area contributed by atoms with E-state index in [1.54, 1.807) is 0 Å². The summed E-state index contributed by atoms with van der Waals surface area (Å²) in [6.07, 6.45) is 2.28. The molecule has 0 aromatic carbocycles. The van der Waals surface area contributed by atoms with E-state index < -0.39 is 0 Å². The fourth-order valence-corrected chi connectivity index (χ4v) is 1.11. The summed E-state index contributed by atoms with van der Waals surface area (Å²) in [4.78, 5) is 2.35. The minimum Gasteiger partial charge on any atom is -0.343 e. The van der Waals surface area contributed by atoms with E-state index in [-0.39, 0.29) is 23.1 Å². The zero-order valence-corrected chi connectivity index (χ0v) is 12.3. The molecule has 0 atom stereocenters. The zero-order chi connectivity index (χ0) is 10.9. The number of unbranched alkanes of at least 4 members (excludes halogenated alkanes) is 1. The van der Waals surface area contributed by atoms with E-state index >= 15 is 0 Å². The summed E-state index contributed by atoms with van der Waals surface area (Å²) in [5, 5.41) is 0. The predicted molar refractivity (Wildman–Crippen MR) is 68.4 cm³/mol. The van der Waals surface area contributed by atoms with Crippen molar-refractivity contribution in [2.45, 2.75) is 59.5 Å². The van der Waals surface area contributed by atoms with Crippen molar-refractivity contribution in [2.75, 3.05) is 6.54 Å². The molecule has 2 heteroatoms. The Kier molecular flexibility index (Phi) is 19.8. The maximum absolute atomic E-state index is 3.85. The van der Waals surface area contributed by atoms with Gasteiger partial charge in [-0.1, -0.05) is 13.3 Å². The molecule has 0 N–H and O–H groups in total. The SMILES string of the molecule is [CH2-]CCC.[CH2-]CN(C(C)C)C(C)C.[Mg+2]. The molecule has 0 aromatic rings. The number of hydrogen-bond donors (Lipinski definition) is 0. The van der Waals surface area contributed by atoms with E-state index in [2.05, 4.69) is 53.4 Å². The summed E-state index contributed by atoms with van der Waals surface area (Å²) < 4.78 is 0. The van der Waals surface area contributed by atoms with Crippen molar-refractivity contribution in [2.24, 2.45) is 0 Å². The Morgan fingerprint density at radius 2 is 1.29 bits per heavy atom. The normalized spacial score (nSPS) is 9.86. The molecule has 0 saturated carbocycles. The van der Waals surface area contributed by atoms with Crippen LogP contribution in [0.5, 0.6) is 0 Å². The average molecular weight is 210 g/mol. The van der Waals surface area contributed by atoms with Crippen molar-refractivity contribution in [1.82, 2.24) is 4.90 Å². The second kappa shape index (κ2) is 13.7. The fraction of sp³-hybridized carbons (Fsp3) is 0.833. The van der Waals surface area contributed by atoms with Gasteiger partial charge in [0.05, 0.1) is 0 Å². The van der Waals surface area contributed by atoms with Crippen LogP contribution in [0.1, 0.15) is 47.5 Å². The van der Waals surface area contributed by atoms with Crippen molar-refractivity contribution < 1.29 is 0 Å². The third-order valence-corrected chi connectivity index (χ3v) is 1.94. The molecule has 0 fully saturated rings. The number of nitrogens with zero attached hydrogens (tertiary/aromatic N) is 1. The molecule has 0 radical (unpaired) electrons. The standard InChI is InChI=1S/C8H18N.C4H9.Mg/c1-6-9(7(2)3)8(4)5;1-3-4-2;/h7-8H,1,6H2,2-5H3;1,3-4H2,2H3;/q2*-1;+2. The Morgan fingerprint density at radius 1 is 1.00 bits per heavy atom. The molecule has 0 aromatic heterocycles. The van der Waals surface area contributed by atoms with Gasteiger partial charge in [-0.25, -0.2) is 0 Å². The van der Waals surface area contributed by atoms with Crippen molar-refractivity contribution in [1.29, 1.82) is 0 Å². The van der Waals surface area contributed by atoms with Gasteiger partial charge >= 0.3 is 23.1 Å². The maximum Gasteiger partial charge on any atom is 2.00 e. The molecule has 0 bridgehead atoms. The van der Waals surface area contributed by atoms with Crippen LogP contribution in [0.25, 0.3) is 0 Å². The molecule has 0 saturated heterocycles. The minimum absolute atomic E-state index is 0. The second-order valence-electron chi connectivity index (χ2n) is 3.78. The molecule has 0 aliphatic carbocycles. The Morgan fingerprint density at radius 3 is 1.29 bits per heavy atom. The van der Waals surface area contributed by atoms with Crippen molar-refractivity contribution in [3.05, 3.63) is 13.8 Å². The average Bonchev–Trinajstić information content (AvgIpc) is 2.04. The van der Waals surface area contributed by atoms with Gasteiger partial charge in [0.2, 0.25) is 0 Å². The Bertz CT molecular complexity index is 82.3. The predicted octanol–water partition coefficient (Wildman–Crippen LogP) is 3.18. The summed E-state index contributed by atoms with van der Waals surface area (Å²) in [5.74, 6) is 0. The molecule has 82 valence electrons. The molecular formula is C12H27MgN. The molecule has 0 rings (SSSR count). The monoisotopic (exact) mass is 209 g/mol. The molecule has 0 aliphatic rings. The first-order valence-electron chi connectivity index (χ1n) is 5.35. The summed E-state index contributed by atoms with van der Waals surface area (Å²) >= 11 is 0. The van der Waals surface area contributed by atoms with Crippen LogP contribution in [0.3, 0.4) is 0 Å². The number of hydrogen-bond acceptors (Lipinski definition) is 1. The van der Waals surface area contributed by atoms with Gasteiger partial charge in [-0.05, 0) is 27.7 Å². The third kappa shape index (κ3) is 12.7. The Labute approximate surface area is 108 Å². The van der Waals surface area contributed by atoms with Gasteiger partial charge < -0.3 is 18.7 Å². The molecule has 1 nitrogen and oxygen atoms in total. The first-order valence-corrected chi connectivity index (χ1v) is 5.35. The van der Waals surface area contributed by atoms with Gasteiger partial charge in [0, 0.05) is 12.1 Å². The van der Waals surface area contributed by atoms with Crippen LogP contribution in [0, 0.1) is 13.8 Å². The first-order chi connectivity index (χ1) is 6.01. The maximum atomic E-state index is 3.85. The fourth-order valence-electron chi connectivity index (χ4n) is 1.11. The smallest absolute Gasteiger partial charge is 0.343 e. The van der Waals surface area contributed by atoms with Crippen LogP contribution >= 0.6 is 0 Å². The van der Waals surface area contributed by atoms with Gasteiger partial charge in [0.25, 0.3) is 0 Å². The molecule has 14 heavy (non-hydrogen) atoms. The topological polar surface area (TPSA) is 3.24 Å². The van der Waals surface area contributed by atoms with Crippen LogP contribution in [-0.2, 0) is 0 Å². The number of rotatable bonds is 4. The molecule has 0 spiro atoms. The van der Waals surface area contributed by atoms with Gasteiger partial charge in [-0.3, -0.25) is 0 Å². The first kappa shape index (κ1) is 20.2. The van der Waals surface area contributed by atoms with E-state index in [1.165, 1.54) is 6.42 Å². The van der Waals surface area contributed by atoms with Gasteiger partial charge in [0.15, 0.2) is 0 Å². The molecule has 0 heterocycles. The summed E-state index contributed by atoms with van der Waals surface area (Å²) in [7, 11) is 0. The Hall–Kier alpha value is 0.726. The molecule has 0 amide bonds.